The number of hydrogen-bond donors (Lipinski definition) is 0. The molecule has 0 saturated carbocycles. The van der Waals surface area contributed by atoms with E-state index < -0.39 is 11.7 Å². The fraction of sp³-hybridized carbons (Fsp3) is 0.0426. The zero-order valence-electron chi connectivity index (χ0n) is 29.1. The predicted molar refractivity (Wildman–Crippen MR) is 211 cm³/mol. The Labute approximate surface area is 309 Å². The fourth-order valence-electron chi connectivity index (χ4n) is 7.21. The Balaban J connectivity index is 1.32. The topological polar surface area (TPSA) is 43.6 Å². The van der Waals surface area contributed by atoms with Crippen molar-refractivity contribution in [1.82, 2.24) is 19.5 Å². The average Bonchev–Trinajstić information content (AvgIpc) is 3.54. The molecule has 0 aliphatic carbocycles. The van der Waals surface area contributed by atoms with Crippen LogP contribution in [-0.2, 0) is 6.18 Å². The van der Waals surface area contributed by atoms with Gasteiger partial charge in [0.15, 0.2) is 17.5 Å². The normalized spacial score (nSPS) is 11.7. The number of benzene rings is 7. The van der Waals surface area contributed by atoms with Crippen molar-refractivity contribution in [3.63, 3.8) is 0 Å². The molecule has 0 bridgehead atoms. The van der Waals surface area contributed by atoms with Gasteiger partial charge in [0.1, 0.15) is 0 Å². The Morgan fingerprint density at radius 2 is 1.02 bits per heavy atom. The maximum absolute atomic E-state index is 14.2. The molecule has 0 N–H and O–H groups in total. The molecule has 260 valence electrons. The molecule has 0 spiro atoms. The van der Waals surface area contributed by atoms with Crippen LogP contribution in [0.25, 0.3) is 83.9 Å². The summed E-state index contributed by atoms with van der Waals surface area (Å²) < 4.78 is 44.8. The zero-order chi connectivity index (χ0) is 36.8. The van der Waals surface area contributed by atoms with Gasteiger partial charge >= 0.3 is 6.18 Å². The molecule has 0 amide bonds. The minimum absolute atomic E-state index is 0.353. The van der Waals surface area contributed by atoms with E-state index in [-0.39, 0.29) is 0 Å². The molecule has 7 heteroatoms. The fourth-order valence-corrected chi connectivity index (χ4v) is 7.21. The zero-order valence-corrected chi connectivity index (χ0v) is 29.1. The summed E-state index contributed by atoms with van der Waals surface area (Å²) in [5, 5.41) is 2.15. The molecule has 0 unspecified atom stereocenters. The molecule has 7 aromatic carbocycles. The van der Waals surface area contributed by atoms with Gasteiger partial charge in [0.2, 0.25) is 0 Å². The van der Waals surface area contributed by atoms with E-state index in [1.54, 1.807) is 6.07 Å². The summed E-state index contributed by atoms with van der Waals surface area (Å²) in [5.74, 6) is 1.28. The standard InChI is InChI=1S/C47H31F3N4/c1-30-13-8-9-20-37(30)34-23-25-39-38-21-10-11-22-42(38)54(43(39)28-34)36-24-26-40(41(29-36)33-18-12-19-35(27-33)47(48,49)50)46-52-44(31-14-4-2-5-15-31)51-45(53-46)32-16-6-3-7-17-32/h2-29H,1H3. The average molecular weight is 709 g/mol. The van der Waals surface area contributed by atoms with Gasteiger partial charge in [-0.25, -0.2) is 15.0 Å². The first-order valence-corrected chi connectivity index (χ1v) is 17.6. The van der Waals surface area contributed by atoms with E-state index in [0.29, 0.717) is 34.2 Å². The summed E-state index contributed by atoms with van der Waals surface area (Å²) in [7, 11) is 0. The second-order valence-electron chi connectivity index (χ2n) is 13.2. The van der Waals surface area contributed by atoms with E-state index in [2.05, 4.69) is 54.0 Å². The lowest BCUT2D eigenvalue weighted by Crippen LogP contribution is -2.05. The van der Waals surface area contributed by atoms with E-state index in [0.717, 1.165) is 61.4 Å². The largest absolute Gasteiger partial charge is 0.416 e. The van der Waals surface area contributed by atoms with Gasteiger partial charge in [0.05, 0.1) is 16.6 Å². The second kappa shape index (κ2) is 13.3. The number of alkyl halides is 3. The van der Waals surface area contributed by atoms with Crippen LogP contribution in [0.1, 0.15) is 11.1 Å². The molecule has 9 rings (SSSR count). The first-order valence-electron chi connectivity index (χ1n) is 17.6. The number of fused-ring (bicyclic) bond motifs is 3. The molecule has 0 atom stereocenters. The molecular weight excluding hydrogens is 678 g/mol. The van der Waals surface area contributed by atoms with E-state index in [1.165, 1.54) is 12.1 Å². The van der Waals surface area contributed by atoms with Gasteiger partial charge in [0.25, 0.3) is 0 Å². The van der Waals surface area contributed by atoms with Crippen LogP contribution in [0.4, 0.5) is 13.2 Å². The van der Waals surface area contributed by atoms with Crippen molar-refractivity contribution in [2.45, 2.75) is 13.1 Å². The monoisotopic (exact) mass is 708 g/mol. The lowest BCUT2D eigenvalue weighted by atomic mass is 9.96. The molecule has 0 fully saturated rings. The maximum atomic E-state index is 14.2. The van der Waals surface area contributed by atoms with E-state index in [1.807, 2.05) is 103 Å². The molecular formula is C47H31F3N4. The Morgan fingerprint density at radius 3 is 1.72 bits per heavy atom. The Hall–Kier alpha value is -6.86. The molecule has 9 aromatic rings. The number of halogens is 3. The quantitative estimate of drug-likeness (QED) is 0.173. The van der Waals surface area contributed by atoms with Gasteiger partial charge in [-0.1, -0.05) is 127 Å². The first kappa shape index (κ1) is 33.0. The molecule has 4 nitrogen and oxygen atoms in total. The van der Waals surface area contributed by atoms with Gasteiger partial charge in [-0.2, -0.15) is 13.2 Å². The second-order valence-corrected chi connectivity index (χ2v) is 13.2. The Bertz CT molecular complexity index is 2770. The number of para-hydroxylation sites is 1. The van der Waals surface area contributed by atoms with E-state index >= 15 is 0 Å². The van der Waals surface area contributed by atoms with E-state index in [4.69, 9.17) is 15.0 Å². The Morgan fingerprint density at radius 1 is 0.426 bits per heavy atom. The van der Waals surface area contributed by atoms with Crippen molar-refractivity contribution in [3.05, 3.63) is 181 Å². The lowest BCUT2D eigenvalue weighted by Gasteiger charge is -2.16. The highest BCUT2D eigenvalue weighted by atomic mass is 19.4. The van der Waals surface area contributed by atoms with Crippen LogP contribution in [-0.4, -0.2) is 19.5 Å². The number of rotatable bonds is 6. The van der Waals surface area contributed by atoms with Gasteiger partial charge in [-0.3, -0.25) is 0 Å². The van der Waals surface area contributed by atoms with Crippen LogP contribution in [0.5, 0.6) is 0 Å². The highest BCUT2D eigenvalue weighted by molar-refractivity contribution is 6.10. The summed E-state index contributed by atoms with van der Waals surface area (Å²) in [4.78, 5) is 14.7. The summed E-state index contributed by atoms with van der Waals surface area (Å²) in [6, 6.07) is 53.5. The maximum Gasteiger partial charge on any atom is 0.416 e. The molecule has 0 saturated heterocycles. The third-order valence-electron chi connectivity index (χ3n) is 9.83. The summed E-state index contributed by atoms with van der Waals surface area (Å²) in [6.45, 7) is 2.10. The van der Waals surface area contributed by atoms with Gasteiger partial charge in [0, 0.05) is 33.2 Å². The lowest BCUT2D eigenvalue weighted by molar-refractivity contribution is -0.137. The minimum atomic E-state index is -4.53. The molecule has 0 radical (unpaired) electrons. The van der Waals surface area contributed by atoms with Crippen molar-refractivity contribution in [2.24, 2.45) is 0 Å². The van der Waals surface area contributed by atoms with Gasteiger partial charge < -0.3 is 4.57 Å². The number of aryl methyl sites for hydroxylation is 1. The van der Waals surface area contributed by atoms with Crippen LogP contribution >= 0.6 is 0 Å². The van der Waals surface area contributed by atoms with Crippen LogP contribution in [0.3, 0.4) is 0 Å². The summed E-state index contributed by atoms with van der Waals surface area (Å²) in [5.41, 5.74) is 8.52. The highest BCUT2D eigenvalue weighted by Gasteiger charge is 2.31. The van der Waals surface area contributed by atoms with Crippen molar-refractivity contribution in [1.29, 1.82) is 0 Å². The first-order chi connectivity index (χ1) is 26.3. The van der Waals surface area contributed by atoms with Crippen LogP contribution in [0.2, 0.25) is 0 Å². The van der Waals surface area contributed by atoms with Crippen molar-refractivity contribution in [3.8, 4) is 62.1 Å². The van der Waals surface area contributed by atoms with Crippen LogP contribution < -0.4 is 0 Å². The third-order valence-corrected chi connectivity index (χ3v) is 9.83. The van der Waals surface area contributed by atoms with E-state index in [9.17, 15) is 13.2 Å². The number of nitrogens with zero attached hydrogens (tertiary/aromatic N) is 4. The highest BCUT2D eigenvalue weighted by Crippen LogP contribution is 2.40. The van der Waals surface area contributed by atoms with Gasteiger partial charge in [-0.15, -0.1) is 0 Å². The van der Waals surface area contributed by atoms with Crippen molar-refractivity contribution >= 4 is 21.8 Å². The molecule has 0 aliphatic rings. The molecule has 2 aromatic heterocycles. The van der Waals surface area contributed by atoms with Crippen LogP contribution in [0, 0.1) is 6.92 Å². The molecule has 2 heterocycles. The third kappa shape index (κ3) is 5.99. The van der Waals surface area contributed by atoms with Crippen molar-refractivity contribution < 1.29 is 13.2 Å². The number of hydrogen-bond acceptors (Lipinski definition) is 3. The van der Waals surface area contributed by atoms with Crippen molar-refractivity contribution in [2.75, 3.05) is 0 Å². The summed E-state index contributed by atoms with van der Waals surface area (Å²) in [6.07, 6.45) is -4.53. The molecule has 54 heavy (non-hydrogen) atoms. The minimum Gasteiger partial charge on any atom is -0.309 e. The molecule has 0 aliphatic heterocycles. The smallest absolute Gasteiger partial charge is 0.309 e. The van der Waals surface area contributed by atoms with Gasteiger partial charge in [-0.05, 0) is 77.2 Å². The predicted octanol–water partition coefficient (Wildman–Crippen LogP) is 12.6. The Kier molecular flexibility index (Phi) is 8.12. The number of aromatic nitrogens is 4. The van der Waals surface area contributed by atoms with Crippen LogP contribution in [0.15, 0.2) is 170 Å². The summed E-state index contributed by atoms with van der Waals surface area (Å²) >= 11 is 0. The SMILES string of the molecule is Cc1ccccc1-c1ccc2c3ccccc3n(-c3ccc(-c4nc(-c5ccccc5)nc(-c5ccccc5)n4)c(-c4cccc(C(F)(F)F)c4)c3)c2c1.